The summed E-state index contributed by atoms with van der Waals surface area (Å²) in [7, 11) is 1.96. The predicted octanol–water partition coefficient (Wildman–Crippen LogP) is 3.10. The Morgan fingerprint density at radius 2 is 2.23 bits per heavy atom. The third-order valence-electron chi connectivity index (χ3n) is 3.76. The Bertz CT molecular complexity index is 473. The largest absolute Gasteiger partial charge is 0.492 e. The molecule has 0 radical (unpaired) electrons. The lowest BCUT2D eigenvalue weighted by Gasteiger charge is -2.16. The van der Waals surface area contributed by atoms with Gasteiger partial charge in [0.1, 0.15) is 5.75 Å². The molecular formula is C16H24BrClN2O2. The van der Waals surface area contributed by atoms with Crippen molar-refractivity contribution in [1.82, 2.24) is 10.2 Å². The highest BCUT2D eigenvalue weighted by Crippen LogP contribution is 2.24. The Morgan fingerprint density at radius 1 is 1.45 bits per heavy atom. The molecule has 1 fully saturated rings. The van der Waals surface area contributed by atoms with Gasteiger partial charge < -0.3 is 15.0 Å². The van der Waals surface area contributed by atoms with Gasteiger partial charge in [0.25, 0.3) is 0 Å². The average molecular weight is 392 g/mol. The number of hydrogen-bond acceptors (Lipinski definition) is 3. The van der Waals surface area contributed by atoms with Crippen molar-refractivity contribution in [3.8, 4) is 5.75 Å². The van der Waals surface area contributed by atoms with Gasteiger partial charge in [-0.1, -0.05) is 12.1 Å². The van der Waals surface area contributed by atoms with Gasteiger partial charge in [-0.25, -0.2) is 0 Å². The number of rotatable bonds is 7. The van der Waals surface area contributed by atoms with Crippen molar-refractivity contribution in [3.63, 3.8) is 0 Å². The van der Waals surface area contributed by atoms with E-state index in [-0.39, 0.29) is 18.3 Å². The quantitative estimate of drug-likeness (QED) is 0.726. The number of nitrogens with one attached hydrogen (secondary N) is 1. The molecule has 1 aliphatic heterocycles. The summed E-state index contributed by atoms with van der Waals surface area (Å²) in [4.78, 5) is 14.1. The van der Waals surface area contributed by atoms with Crippen molar-refractivity contribution in [3.05, 3.63) is 28.7 Å². The molecule has 1 aromatic rings. The van der Waals surface area contributed by atoms with Gasteiger partial charge in [0.15, 0.2) is 0 Å². The van der Waals surface area contributed by atoms with Gasteiger partial charge in [0.05, 0.1) is 11.1 Å². The smallest absolute Gasteiger partial charge is 0.222 e. The maximum absolute atomic E-state index is 12.1. The standard InChI is InChI=1S/C16H23BrN2O2.ClH/c1-18-11-13-8-9-19(12-13)16(20)7-4-10-21-15-6-3-2-5-14(15)17;/h2-3,5-6,13,18H,4,7-12H2,1H3;1H. The van der Waals surface area contributed by atoms with Crippen molar-refractivity contribution >= 4 is 34.2 Å². The number of likely N-dealkylation sites (tertiary alicyclic amines) is 1. The van der Waals surface area contributed by atoms with Crippen LogP contribution in [0.15, 0.2) is 28.7 Å². The second kappa shape index (κ2) is 10.1. The molecular weight excluding hydrogens is 368 g/mol. The maximum Gasteiger partial charge on any atom is 0.222 e. The van der Waals surface area contributed by atoms with E-state index in [1.807, 2.05) is 36.2 Å². The fraction of sp³-hybridized carbons (Fsp3) is 0.562. The number of carbonyl (C=O) groups excluding carboxylic acids is 1. The summed E-state index contributed by atoms with van der Waals surface area (Å²) in [5.41, 5.74) is 0. The second-order valence-corrected chi connectivity index (χ2v) is 6.29. The van der Waals surface area contributed by atoms with Gasteiger partial charge in [-0.15, -0.1) is 12.4 Å². The number of ether oxygens (including phenoxy) is 1. The summed E-state index contributed by atoms with van der Waals surface area (Å²) < 4.78 is 6.63. The Labute approximate surface area is 147 Å². The highest BCUT2D eigenvalue weighted by Gasteiger charge is 2.25. The van der Waals surface area contributed by atoms with E-state index in [2.05, 4.69) is 21.2 Å². The van der Waals surface area contributed by atoms with Crippen LogP contribution < -0.4 is 10.1 Å². The van der Waals surface area contributed by atoms with E-state index < -0.39 is 0 Å². The molecule has 0 aliphatic carbocycles. The van der Waals surface area contributed by atoms with Crippen LogP contribution >= 0.6 is 28.3 Å². The number of halogens is 2. The maximum atomic E-state index is 12.1. The van der Waals surface area contributed by atoms with Gasteiger partial charge in [0.2, 0.25) is 5.91 Å². The van der Waals surface area contributed by atoms with E-state index in [0.29, 0.717) is 18.9 Å². The Morgan fingerprint density at radius 3 is 2.95 bits per heavy atom. The minimum Gasteiger partial charge on any atom is -0.492 e. The van der Waals surface area contributed by atoms with Gasteiger partial charge in [-0.3, -0.25) is 4.79 Å². The molecule has 1 N–H and O–H groups in total. The van der Waals surface area contributed by atoms with Gasteiger partial charge in [0, 0.05) is 19.5 Å². The minimum absolute atomic E-state index is 0. The molecule has 1 saturated heterocycles. The zero-order valence-corrected chi connectivity index (χ0v) is 15.3. The number of nitrogens with zero attached hydrogens (tertiary/aromatic N) is 1. The second-order valence-electron chi connectivity index (χ2n) is 5.43. The molecule has 124 valence electrons. The predicted molar refractivity (Wildman–Crippen MR) is 94.7 cm³/mol. The number of amides is 1. The van der Waals surface area contributed by atoms with Crippen LogP contribution in [0.5, 0.6) is 5.75 Å². The summed E-state index contributed by atoms with van der Waals surface area (Å²) in [6.45, 7) is 3.36. The van der Waals surface area contributed by atoms with Crippen LogP contribution in [-0.4, -0.2) is 44.1 Å². The fourth-order valence-electron chi connectivity index (χ4n) is 2.64. The molecule has 0 saturated carbocycles. The lowest BCUT2D eigenvalue weighted by Crippen LogP contribution is -2.30. The summed E-state index contributed by atoms with van der Waals surface area (Å²) in [5, 5.41) is 3.18. The average Bonchev–Trinajstić information content (AvgIpc) is 2.94. The molecule has 1 unspecified atom stereocenters. The van der Waals surface area contributed by atoms with Crippen LogP contribution in [0.1, 0.15) is 19.3 Å². The molecule has 1 amide bonds. The van der Waals surface area contributed by atoms with E-state index in [0.717, 1.165) is 42.7 Å². The highest BCUT2D eigenvalue weighted by molar-refractivity contribution is 9.10. The topological polar surface area (TPSA) is 41.6 Å². The van der Waals surface area contributed by atoms with E-state index >= 15 is 0 Å². The molecule has 1 aromatic carbocycles. The van der Waals surface area contributed by atoms with Crippen molar-refractivity contribution in [2.75, 3.05) is 33.3 Å². The molecule has 6 heteroatoms. The van der Waals surface area contributed by atoms with Crippen LogP contribution in [0.25, 0.3) is 0 Å². The monoisotopic (exact) mass is 390 g/mol. The first-order valence-corrected chi connectivity index (χ1v) is 8.29. The number of hydrogen-bond donors (Lipinski definition) is 1. The summed E-state index contributed by atoms with van der Waals surface area (Å²) in [6.07, 6.45) is 2.43. The van der Waals surface area contributed by atoms with Crippen molar-refractivity contribution in [1.29, 1.82) is 0 Å². The minimum atomic E-state index is 0. The normalized spacial score (nSPS) is 17.2. The molecule has 0 spiro atoms. The van der Waals surface area contributed by atoms with E-state index in [1.54, 1.807) is 0 Å². The van der Waals surface area contributed by atoms with E-state index in [4.69, 9.17) is 4.74 Å². The summed E-state index contributed by atoms with van der Waals surface area (Å²) >= 11 is 3.45. The van der Waals surface area contributed by atoms with Gasteiger partial charge >= 0.3 is 0 Å². The third kappa shape index (κ3) is 5.78. The van der Waals surface area contributed by atoms with E-state index in [1.165, 1.54) is 0 Å². The number of benzene rings is 1. The Hall–Kier alpha value is -0.780. The lowest BCUT2D eigenvalue weighted by atomic mass is 10.1. The zero-order chi connectivity index (χ0) is 15.1. The van der Waals surface area contributed by atoms with Crippen molar-refractivity contribution < 1.29 is 9.53 Å². The molecule has 2 rings (SSSR count). The van der Waals surface area contributed by atoms with Crippen LogP contribution in [-0.2, 0) is 4.79 Å². The zero-order valence-electron chi connectivity index (χ0n) is 12.9. The SMILES string of the molecule is CNCC1CCN(C(=O)CCCOc2ccccc2Br)C1.Cl. The third-order valence-corrected chi connectivity index (χ3v) is 4.42. The van der Waals surface area contributed by atoms with Crippen LogP contribution in [0, 0.1) is 5.92 Å². The van der Waals surface area contributed by atoms with Gasteiger partial charge in [-0.05, 0) is 60.4 Å². The first-order chi connectivity index (χ1) is 10.2. The Balaban J connectivity index is 0.00000242. The fourth-order valence-corrected chi connectivity index (χ4v) is 3.04. The molecule has 0 aromatic heterocycles. The van der Waals surface area contributed by atoms with E-state index in [9.17, 15) is 4.79 Å². The van der Waals surface area contributed by atoms with Crippen molar-refractivity contribution in [2.45, 2.75) is 19.3 Å². The first-order valence-electron chi connectivity index (χ1n) is 7.50. The first kappa shape index (κ1) is 19.3. The number of carbonyl (C=O) groups is 1. The molecule has 1 heterocycles. The summed E-state index contributed by atoms with van der Waals surface area (Å²) in [5.74, 6) is 1.69. The molecule has 1 aliphatic rings. The number of para-hydroxylation sites is 1. The summed E-state index contributed by atoms with van der Waals surface area (Å²) in [6, 6.07) is 7.77. The molecule has 1 atom stereocenters. The Kier molecular flexibility index (Phi) is 8.83. The van der Waals surface area contributed by atoms with Gasteiger partial charge in [-0.2, -0.15) is 0 Å². The lowest BCUT2D eigenvalue weighted by molar-refractivity contribution is -0.130. The molecule has 4 nitrogen and oxygen atoms in total. The highest BCUT2D eigenvalue weighted by atomic mass is 79.9. The van der Waals surface area contributed by atoms with Crippen LogP contribution in [0.3, 0.4) is 0 Å². The van der Waals surface area contributed by atoms with Crippen LogP contribution in [0.2, 0.25) is 0 Å². The van der Waals surface area contributed by atoms with Crippen molar-refractivity contribution in [2.24, 2.45) is 5.92 Å². The molecule has 0 bridgehead atoms. The molecule has 22 heavy (non-hydrogen) atoms. The van der Waals surface area contributed by atoms with Crippen LogP contribution in [0.4, 0.5) is 0 Å².